The molecule has 0 spiro atoms. The smallest absolute Gasteiger partial charge is 0.409 e. The van der Waals surface area contributed by atoms with Gasteiger partial charge >= 0.3 is 12.1 Å². The summed E-state index contributed by atoms with van der Waals surface area (Å²) in [7, 11) is 2.12. The molecule has 16 heteroatoms. The van der Waals surface area contributed by atoms with Crippen LogP contribution in [0.1, 0.15) is 6.92 Å². The Morgan fingerprint density at radius 2 is 2.06 bits per heavy atom. The number of alkyl halides is 3. The maximum atomic E-state index is 13.2. The predicted octanol–water partition coefficient (Wildman–Crippen LogP) is 3.77. The van der Waals surface area contributed by atoms with Gasteiger partial charge in [-0.25, -0.2) is 9.78 Å². The van der Waals surface area contributed by atoms with Crippen LogP contribution in [0.25, 0.3) is 10.2 Å². The van der Waals surface area contributed by atoms with Crippen LogP contribution in [0.15, 0.2) is 40.8 Å². The molecule has 188 valence electrons. The molecule has 0 saturated carbocycles. The average Bonchev–Trinajstić information content (AvgIpc) is 3.18. The quantitative estimate of drug-likeness (QED) is 0.0930. The number of hydrogen-bond donors (Lipinski definition) is 3. The van der Waals surface area contributed by atoms with E-state index in [4.69, 9.17) is 39.5 Å². The van der Waals surface area contributed by atoms with Gasteiger partial charge in [0, 0.05) is 0 Å². The summed E-state index contributed by atoms with van der Waals surface area (Å²) in [4.78, 5) is 52.8. The lowest BCUT2D eigenvalue weighted by atomic mass is 9.81. The monoisotopic (exact) mass is 598 g/mol. The van der Waals surface area contributed by atoms with Gasteiger partial charge in [0.1, 0.15) is 13.2 Å². The number of fused-ring (bicyclic) bond motifs is 1. The Morgan fingerprint density at radius 3 is 2.63 bits per heavy atom. The highest BCUT2D eigenvalue weighted by Gasteiger charge is 2.74. The van der Waals surface area contributed by atoms with Crippen LogP contribution in [-0.2, 0) is 19.1 Å². The number of ether oxygens (including phenoxy) is 1. The molecule has 10 nitrogen and oxygen atoms in total. The molecule has 1 aromatic heterocycles. The number of carboxylic acid groups (broad SMARTS) is 1. The number of rotatable bonds is 10. The number of nitrogens with zero attached hydrogens (tertiary/aromatic N) is 2. The fourth-order valence-corrected chi connectivity index (χ4v) is 8.10. The Labute approximate surface area is 226 Å². The number of benzene rings is 1. The van der Waals surface area contributed by atoms with Crippen molar-refractivity contribution in [3.63, 3.8) is 0 Å². The molecule has 1 fully saturated rings. The summed E-state index contributed by atoms with van der Waals surface area (Å²) in [5.74, 6) is -2.22. The van der Waals surface area contributed by atoms with Gasteiger partial charge in [0.15, 0.2) is 9.21 Å². The standard InChI is InChI=1S/C19H17Cl3N4O6S3/c1-10(2)19(35-34-16-24-11-5-3-4-6-12(11)33-16)18(23-9-27,14(30)26(19)7-13(28)29)25-15(31)32-8-17(20,21)22/h3-6,9H,1,7-8H2,2H3,(H,23,27)(H,25,31)(H,28,29)/t18-,19?/m0/s1. The predicted molar refractivity (Wildman–Crippen MR) is 137 cm³/mol. The van der Waals surface area contributed by atoms with Crippen LogP contribution in [-0.4, -0.2) is 66.8 Å². The van der Waals surface area contributed by atoms with Gasteiger partial charge in [-0.05, 0) is 46.2 Å². The normalized spacial score (nSPS) is 21.8. The van der Waals surface area contributed by atoms with Gasteiger partial charge in [-0.1, -0.05) is 53.5 Å². The number of hydrogen-bond acceptors (Lipinski definition) is 9. The van der Waals surface area contributed by atoms with Crippen LogP contribution in [0.4, 0.5) is 4.79 Å². The molecule has 2 atom stereocenters. The first kappa shape index (κ1) is 27.7. The van der Waals surface area contributed by atoms with Crippen molar-refractivity contribution in [2.24, 2.45) is 0 Å². The molecular weight excluding hydrogens is 583 g/mol. The number of carbonyl (C=O) groups excluding carboxylic acids is 3. The first-order valence-corrected chi connectivity index (χ1v) is 13.6. The van der Waals surface area contributed by atoms with Gasteiger partial charge in [-0.2, -0.15) is 0 Å². The van der Waals surface area contributed by atoms with Gasteiger partial charge in [0.05, 0.1) is 10.2 Å². The van der Waals surface area contributed by atoms with Crippen molar-refractivity contribution in [3.8, 4) is 0 Å². The van der Waals surface area contributed by atoms with Crippen LogP contribution in [0.2, 0.25) is 0 Å². The van der Waals surface area contributed by atoms with Crippen molar-refractivity contribution in [2.45, 2.75) is 25.6 Å². The Hall–Kier alpha value is -1.90. The molecule has 3 amide bonds. The van der Waals surface area contributed by atoms with E-state index in [0.717, 1.165) is 36.7 Å². The minimum Gasteiger partial charge on any atom is -0.480 e. The van der Waals surface area contributed by atoms with Gasteiger partial charge in [0.25, 0.3) is 5.91 Å². The minimum atomic E-state index is -2.14. The fourth-order valence-electron chi connectivity index (χ4n) is 3.43. The number of halogens is 3. The number of β-lactam (4-membered cyclic amide) rings is 1. The zero-order chi connectivity index (χ0) is 26.0. The van der Waals surface area contributed by atoms with Crippen molar-refractivity contribution >= 4 is 102 Å². The highest BCUT2D eigenvalue weighted by atomic mass is 35.6. The summed E-state index contributed by atoms with van der Waals surface area (Å²) in [5.41, 5.74) is -1.13. The third kappa shape index (κ3) is 5.44. The first-order valence-electron chi connectivity index (χ1n) is 9.50. The molecule has 3 rings (SSSR count). The Bertz CT molecular complexity index is 1160. The molecule has 1 aliphatic rings. The molecule has 35 heavy (non-hydrogen) atoms. The van der Waals surface area contributed by atoms with Crippen LogP contribution >= 0.6 is 67.7 Å². The molecule has 2 aromatic rings. The number of likely N-dealkylation sites (tertiary alicyclic amines) is 1. The van der Waals surface area contributed by atoms with Gasteiger partial charge < -0.3 is 20.1 Å². The number of thiazole rings is 1. The summed E-state index contributed by atoms with van der Waals surface area (Å²) < 4.78 is 4.46. The molecular formula is C19H17Cl3N4O6S3. The Kier molecular flexibility index (Phi) is 8.39. The highest BCUT2D eigenvalue weighted by Crippen LogP contribution is 2.58. The van der Waals surface area contributed by atoms with E-state index in [9.17, 15) is 24.3 Å². The maximum Gasteiger partial charge on any atom is 0.409 e. The van der Waals surface area contributed by atoms with E-state index < -0.39 is 45.4 Å². The second kappa shape index (κ2) is 10.6. The van der Waals surface area contributed by atoms with Crippen molar-refractivity contribution in [2.75, 3.05) is 13.2 Å². The molecule has 0 bridgehead atoms. The van der Waals surface area contributed by atoms with Crippen LogP contribution < -0.4 is 10.6 Å². The lowest BCUT2D eigenvalue weighted by Crippen LogP contribution is -2.91. The summed E-state index contributed by atoms with van der Waals surface area (Å²) in [6.07, 6.45) is -0.989. The Morgan fingerprint density at radius 1 is 1.37 bits per heavy atom. The van der Waals surface area contributed by atoms with E-state index in [1.807, 2.05) is 24.3 Å². The fraction of sp³-hybridized carbons (Fsp3) is 0.316. The first-order chi connectivity index (χ1) is 16.4. The summed E-state index contributed by atoms with van der Waals surface area (Å²) >= 11 is 18.2. The van der Waals surface area contributed by atoms with E-state index in [2.05, 4.69) is 22.2 Å². The second-order valence-corrected chi connectivity index (χ2v) is 13.3. The van der Waals surface area contributed by atoms with Gasteiger partial charge in [-0.15, -0.1) is 11.3 Å². The SMILES string of the molecule is C=C(C)C1(SSc2nc3ccccc3s2)N(CC(=O)O)C(=O)[C@]1(NC=O)NC(=O)OCC(Cl)(Cl)Cl. The van der Waals surface area contributed by atoms with E-state index in [-0.39, 0.29) is 12.0 Å². The number of amides is 3. The molecule has 1 aromatic carbocycles. The molecule has 1 aliphatic heterocycles. The lowest BCUT2D eigenvalue weighted by Gasteiger charge is -2.62. The zero-order valence-electron chi connectivity index (χ0n) is 17.7. The van der Waals surface area contributed by atoms with Crippen molar-refractivity contribution in [3.05, 3.63) is 36.4 Å². The second-order valence-electron chi connectivity index (χ2n) is 7.15. The number of alkyl carbamates (subject to hydrolysis) is 1. The zero-order valence-corrected chi connectivity index (χ0v) is 22.5. The maximum absolute atomic E-state index is 13.2. The molecule has 2 heterocycles. The van der Waals surface area contributed by atoms with Crippen LogP contribution in [0.5, 0.6) is 0 Å². The number of para-hydroxylation sites is 1. The third-order valence-corrected chi connectivity index (χ3v) is 9.62. The summed E-state index contributed by atoms with van der Waals surface area (Å²) in [5, 5.41) is 14.1. The molecule has 0 aliphatic carbocycles. The minimum absolute atomic E-state index is 0.200. The molecule has 3 N–H and O–H groups in total. The number of carboxylic acids is 1. The van der Waals surface area contributed by atoms with Crippen LogP contribution in [0.3, 0.4) is 0 Å². The summed E-state index contributed by atoms with van der Waals surface area (Å²) in [6.45, 7) is 4.07. The van der Waals surface area contributed by atoms with Crippen molar-refractivity contribution in [1.29, 1.82) is 0 Å². The molecule has 1 saturated heterocycles. The number of aliphatic carboxylic acids is 1. The topological polar surface area (TPSA) is 138 Å². The molecule has 1 unspecified atom stereocenters. The van der Waals surface area contributed by atoms with E-state index >= 15 is 0 Å². The van der Waals surface area contributed by atoms with E-state index in [1.165, 1.54) is 18.3 Å². The Balaban J connectivity index is 2.00. The van der Waals surface area contributed by atoms with Gasteiger partial charge in [-0.3, -0.25) is 19.7 Å². The largest absolute Gasteiger partial charge is 0.480 e. The van der Waals surface area contributed by atoms with E-state index in [0.29, 0.717) is 4.34 Å². The summed E-state index contributed by atoms with van der Waals surface area (Å²) in [6, 6.07) is 7.42. The average molecular weight is 600 g/mol. The molecule has 0 radical (unpaired) electrons. The van der Waals surface area contributed by atoms with Crippen molar-refractivity contribution in [1.82, 2.24) is 20.5 Å². The lowest BCUT2D eigenvalue weighted by molar-refractivity contribution is -0.172. The number of aromatic nitrogens is 1. The van der Waals surface area contributed by atoms with Crippen molar-refractivity contribution < 1.29 is 29.0 Å². The number of nitrogens with one attached hydrogen (secondary N) is 2. The van der Waals surface area contributed by atoms with Crippen LogP contribution in [0, 0.1) is 0 Å². The number of carbonyl (C=O) groups is 4. The third-order valence-electron chi connectivity index (χ3n) is 4.77. The highest BCUT2D eigenvalue weighted by molar-refractivity contribution is 8.77. The van der Waals surface area contributed by atoms with E-state index in [1.54, 1.807) is 0 Å². The van der Waals surface area contributed by atoms with Gasteiger partial charge in [0.2, 0.25) is 15.9 Å².